The second-order valence-corrected chi connectivity index (χ2v) is 30.9. The average Bonchev–Trinajstić information content (AvgIpc) is 3.70. The molecule has 2 aromatic heterocycles. The van der Waals surface area contributed by atoms with Crippen LogP contribution in [0.3, 0.4) is 0 Å². The van der Waals surface area contributed by atoms with Crippen molar-refractivity contribution < 1.29 is 49.8 Å². The highest BCUT2D eigenvalue weighted by Gasteiger charge is 2.47. The van der Waals surface area contributed by atoms with Crippen LogP contribution in [0.15, 0.2) is 46.5 Å². The summed E-state index contributed by atoms with van der Waals surface area (Å²) in [7, 11) is -7.79. The number of anilines is 1. The van der Waals surface area contributed by atoms with Gasteiger partial charge in [-0.05, 0) is 237 Å². The lowest BCUT2D eigenvalue weighted by Gasteiger charge is -2.48. The Labute approximate surface area is 461 Å². The SMILES string of the molecule is CC(C)(C)OC(=O)N1C[C@@H](CCC(N)C2CC(C)(C)OC(C)(C)C2)CC1(C)C.CC(C)(C)OC(=O)N1C[C@@H](CCC(Nc2cccc(S(N)(=O)=O)n2)C2CC(C)(C)OC(C)(C)C2)CC1(C)C.NS(=O)(=O)c1cccc(F)n1. The Morgan fingerprint density at radius 2 is 1.01 bits per heavy atom. The van der Waals surface area contributed by atoms with Crippen LogP contribution in [0.2, 0.25) is 0 Å². The summed E-state index contributed by atoms with van der Waals surface area (Å²) in [5.74, 6) is 1.20. The van der Waals surface area contributed by atoms with E-state index in [9.17, 15) is 30.8 Å². The van der Waals surface area contributed by atoms with Crippen LogP contribution in [0.25, 0.3) is 0 Å². The highest BCUT2D eigenvalue weighted by atomic mass is 32.2. The molecule has 6 heterocycles. The van der Waals surface area contributed by atoms with Crippen LogP contribution in [-0.2, 0) is 39.0 Å². The van der Waals surface area contributed by atoms with Crippen molar-refractivity contribution in [2.75, 3.05) is 18.4 Å². The van der Waals surface area contributed by atoms with Gasteiger partial charge in [-0.25, -0.2) is 46.7 Å². The lowest BCUT2D eigenvalue weighted by atomic mass is 9.75. The summed E-state index contributed by atoms with van der Waals surface area (Å²) in [6, 6.07) is 8.44. The summed E-state index contributed by atoms with van der Waals surface area (Å²) in [6.45, 7) is 38.5. The van der Waals surface area contributed by atoms with Crippen LogP contribution in [0.1, 0.15) is 189 Å². The number of carbonyl (C=O) groups is 2. The molecule has 2 unspecified atom stereocenters. The number of halogens is 1. The van der Waals surface area contributed by atoms with Crippen LogP contribution in [0.4, 0.5) is 19.8 Å². The molecule has 0 aromatic carbocycles. The molecule has 21 heteroatoms. The van der Waals surface area contributed by atoms with Crippen LogP contribution in [-0.4, -0.2) is 119 Å². The van der Waals surface area contributed by atoms with Gasteiger partial charge in [-0.3, -0.25) is 0 Å². The number of amides is 2. The number of primary sulfonamides is 2. The van der Waals surface area contributed by atoms with E-state index < -0.39 is 42.2 Å². The Morgan fingerprint density at radius 3 is 1.39 bits per heavy atom. The molecule has 7 N–H and O–H groups in total. The molecule has 0 spiro atoms. The molecule has 6 rings (SSSR count). The molecule has 0 bridgehead atoms. The summed E-state index contributed by atoms with van der Waals surface area (Å²) < 4.78 is 81.0. The molecule has 4 saturated heterocycles. The third-order valence-corrected chi connectivity index (χ3v) is 16.2. The van der Waals surface area contributed by atoms with Crippen molar-refractivity contribution in [1.29, 1.82) is 0 Å². The minimum atomic E-state index is -3.91. The normalized spacial score (nSPS) is 23.8. The third-order valence-electron chi connectivity index (χ3n) is 14.6. The molecule has 4 fully saturated rings. The minimum absolute atomic E-state index is 0.0411. The van der Waals surface area contributed by atoms with Gasteiger partial charge in [0.25, 0.3) is 20.0 Å². The fourth-order valence-corrected chi connectivity index (χ4v) is 13.2. The first-order valence-electron chi connectivity index (χ1n) is 27.2. The van der Waals surface area contributed by atoms with Crippen molar-refractivity contribution >= 4 is 38.1 Å². The molecular formula is C56H97FN8O10S2. The van der Waals surface area contributed by atoms with Gasteiger partial charge in [-0.15, -0.1) is 0 Å². The fourth-order valence-electron chi connectivity index (χ4n) is 12.3. The average molecular weight is 1130 g/mol. The Hall–Kier alpha value is -3.73. The predicted molar refractivity (Wildman–Crippen MR) is 299 cm³/mol. The number of hydrogen-bond acceptors (Lipinski definition) is 14. The number of nitrogens with zero attached hydrogens (tertiary/aromatic N) is 4. The van der Waals surface area contributed by atoms with E-state index >= 15 is 0 Å². The lowest BCUT2D eigenvalue weighted by Crippen LogP contribution is -2.49. The van der Waals surface area contributed by atoms with E-state index in [1.807, 2.05) is 51.3 Å². The van der Waals surface area contributed by atoms with Crippen LogP contribution < -0.4 is 21.3 Å². The Bertz CT molecular complexity index is 2530. The highest BCUT2D eigenvalue weighted by Crippen LogP contribution is 2.44. The van der Waals surface area contributed by atoms with Gasteiger partial charge in [0.05, 0.1) is 22.4 Å². The van der Waals surface area contributed by atoms with Gasteiger partial charge in [-0.2, -0.15) is 4.39 Å². The molecule has 18 nitrogen and oxygen atoms in total. The van der Waals surface area contributed by atoms with E-state index in [0.29, 0.717) is 30.1 Å². The number of ether oxygens (including phenoxy) is 4. The molecule has 0 aliphatic carbocycles. The topological polar surface area (TPSA) is 262 Å². The standard InChI is InChI=1S/C28H48N4O5S.C23H44N2O3.C5H5FN2O2S/c1-25(2,3)36-24(33)32-18-19(15-26(32,4)5)13-14-21(20-16-27(6,7)37-28(8,9)17-20)30-22-11-10-12-23(31-22)38(29,34)35;1-20(2,3)27-19(26)25-15-16(12-21(25,4)5)10-11-18(24)17-13-22(6,7)28-23(8,9)14-17;6-4-2-1-3-5(8-4)11(7,9)10/h10-12,19-21H,13-18H2,1-9H3,(H,30,31)(H2,29,34,35);16-18H,10-15,24H2,1-9H3;1-3H,(H2,7,9,10)/t19-,21?;16-,18?;/m00./s1. The summed E-state index contributed by atoms with van der Waals surface area (Å²) in [5, 5.41) is 12.9. The number of rotatable bonds is 12. The molecule has 4 atom stereocenters. The molecule has 440 valence electrons. The van der Waals surface area contributed by atoms with Gasteiger partial charge >= 0.3 is 12.2 Å². The first-order chi connectivity index (χ1) is 34.7. The predicted octanol–water partition coefficient (Wildman–Crippen LogP) is 10.3. The molecule has 77 heavy (non-hydrogen) atoms. The van der Waals surface area contributed by atoms with E-state index in [2.05, 4.69) is 104 Å². The first-order valence-corrected chi connectivity index (χ1v) is 30.3. The van der Waals surface area contributed by atoms with E-state index in [0.717, 1.165) is 82.9 Å². The van der Waals surface area contributed by atoms with Crippen LogP contribution >= 0.6 is 0 Å². The quantitative estimate of drug-likeness (QED) is 0.144. The van der Waals surface area contributed by atoms with Gasteiger partial charge in [0.15, 0.2) is 10.1 Å². The van der Waals surface area contributed by atoms with Gasteiger partial charge in [-0.1, -0.05) is 12.1 Å². The zero-order valence-electron chi connectivity index (χ0n) is 49.7. The number of pyridine rings is 2. The number of hydrogen-bond donors (Lipinski definition) is 4. The van der Waals surface area contributed by atoms with Crippen molar-refractivity contribution in [2.24, 2.45) is 39.7 Å². The van der Waals surface area contributed by atoms with Crippen molar-refractivity contribution in [3.63, 3.8) is 0 Å². The van der Waals surface area contributed by atoms with Crippen molar-refractivity contribution in [3.8, 4) is 0 Å². The summed E-state index contributed by atoms with van der Waals surface area (Å²) in [6.07, 6.45) is 9.00. The monoisotopic (exact) mass is 1120 g/mol. The fraction of sp³-hybridized carbons (Fsp3) is 0.786. The summed E-state index contributed by atoms with van der Waals surface area (Å²) in [5.41, 5.74) is 4.39. The third kappa shape index (κ3) is 21.0. The Balaban J connectivity index is 0.000000285. The second-order valence-electron chi connectivity index (χ2n) is 27.8. The van der Waals surface area contributed by atoms with E-state index in [-0.39, 0.29) is 68.7 Å². The van der Waals surface area contributed by atoms with Gasteiger partial charge in [0.1, 0.15) is 17.0 Å². The second kappa shape index (κ2) is 24.2. The van der Waals surface area contributed by atoms with Crippen molar-refractivity contribution in [3.05, 3.63) is 42.3 Å². The number of aromatic nitrogens is 2. The number of nitrogens with two attached hydrogens (primary N) is 3. The maximum atomic E-state index is 12.9. The number of sulfonamides is 2. The lowest BCUT2D eigenvalue weighted by molar-refractivity contribution is -0.175. The number of carbonyl (C=O) groups excluding carboxylic acids is 2. The molecule has 0 radical (unpaired) electrons. The van der Waals surface area contributed by atoms with Gasteiger partial charge in [0.2, 0.25) is 5.95 Å². The number of likely N-dealkylation sites (tertiary alicyclic amines) is 2. The van der Waals surface area contributed by atoms with Crippen molar-refractivity contribution in [1.82, 2.24) is 19.8 Å². The molecule has 2 aromatic rings. The van der Waals surface area contributed by atoms with Gasteiger partial charge < -0.3 is 39.8 Å². The van der Waals surface area contributed by atoms with E-state index in [4.69, 9.17) is 29.8 Å². The van der Waals surface area contributed by atoms with Crippen molar-refractivity contribution in [2.45, 2.75) is 256 Å². The van der Waals surface area contributed by atoms with Gasteiger partial charge in [0, 0.05) is 36.3 Å². The maximum absolute atomic E-state index is 12.9. The molecule has 4 aliphatic heterocycles. The molecule has 4 aliphatic rings. The smallest absolute Gasteiger partial charge is 0.410 e. The maximum Gasteiger partial charge on any atom is 0.410 e. The minimum Gasteiger partial charge on any atom is -0.444 e. The highest BCUT2D eigenvalue weighted by molar-refractivity contribution is 7.89. The zero-order chi connectivity index (χ0) is 58.8. The largest absolute Gasteiger partial charge is 0.444 e. The van der Waals surface area contributed by atoms with Crippen LogP contribution in [0.5, 0.6) is 0 Å². The van der Waals surface area contributed by atoms with E-state index in [1.165, 1.54) is 12.1 Å². The number of nitrogens with one attached hydrogen (secondary N) is 1. The first kappa shape index (κ1) is 65.8. The molecule has 2 amide bonds. The Morgan fingerprint density at radius 1 is 0.636 bits per heavy atom. The zero-order valence-corrected chi connectivity index (χ0v) is 51.3. The summed E-state index contributed by atoms with van der Waals surface area (Å²) in [4.78, 5) is 36.7. The molecular weight excluding hydrogens is 1030 g/mol. The summed E-state index contributed by atoms with van der Waals surface area (Å²) >= 11 is 0. The van der Waals surface area contributed by atoms with E-state index in [1.54, 1.807) is 12.1 Å². The Kier molecular flexibility index (Phi) is 20.6. The van der Waals surface area contributed by atoms with Crippen LogP contribution in [0, 0.1) is 29.6 Å². The molecule has 0 saturated carbocycles.